The molecule has 13 heavy (non-hydrogen) atoms. The van der Waals surface area contributed by atoms with Gasteiger partial charge in [0.25, 0.3) is 0 Å². The quantitative estimate of drug-likeness (QED) is 0.395. The summed E-state index contributed by atoms with van der Waals surface area (Å²) in [5.74, 6) is 1.10. The summed E-state index contributed by atoms with van der Waals surface area (Å²) in [6.45, 7) is 6.60. The first kappa shape index (κ1) is 13.7. The van der Waals surface area contributed by atoms with E-state index < -0.39 is 0 Å². The molecule has 0 unspecified atom stereocenters. The van der Waals surface area contributed by atoms with Crippen LogP contribution in [0.4, 0.5) is 0 Å². The Morgan fingerprint density at radius 2 is 1.92 bits per heavy atom. The van der Waals surface area contributed by atoms with Crippen molar-refractivity contribution in [2.75, 3.05) is 5.75 Å². The first-order valence-electron chi connectivity index (χ1n) is 4.41. The Morgan fingerprint density at radius 1 is 1.31 bits per heavy atom. The number of carbonyl (C=O) groups is 1. The van der Waals surface area contributed by atoms with Crippen molar-refractivity contribution in [1.29, 1.82) is 0 Å². The molecule has 0 aliphatic carbocycles. The second-order valence-electron chi connectivity index (χ2n) is 3.83. The third kappa shape index (κ3) is 12.7. The van der Waals surface area contributed by atoms with E-state index in [0.717, 1.165) is 18.6 Å². The van der Waals surface area contributed by atoms with Gasteiger partial charge in [0.15, 0.2) is 0 Å². The standard InChI is InChI=1S/C9H17ClOS2/c1-9(2,3)13-12-7-5-4-6-8(10)11/h4-7H2,1-3H3. The lowest BCUT2D eigenvalue weighted by Crippen LogP contribution is -2.04. The van der Waals surface area contributed by atoms with Gasteiger partial charge < -0.3 is 0 Å². The van der Waals surface area contributed by atoms with Gasteiger partial charge in [-0.3, -0.25) is 4.79 Å². The predicted octanol–water partition coefficient (Wildman–Crippen LogP) is 4.10. The van der Waals surface area contributed by atoms with E-state index in [1.54, 1.807) is 0 Å². The highest BCUT2D eigenvalue weighted by atomic mass is 35.5. The number of rotatable bonds is 6. The van der Waals surface area contributed by atoms with Gasteiger partial charge in [0.1, 0.15) is 0 Å². The predicted molar refractivity (Wildman–Crippen MR) is 64.5 cm³/mol. The average Bonchev–Trinajstić information content (AvgIpc) is 1.93. The van der Waals surface area contributed by atoms with E-state index >= 15 is 0 Å². The van der Waals surface area contributed by atoms with E-state index in [9.17, 15) is 4.79 Å². The van der Waals surface area contributed by atoms with Gasteiger partial charge in [-0.05, 0) is 24.4 Å². The highest BCUT2D eigenvalue weighted by Crippen LogP contribution is 2.35. The molecule has 0 aromatic rings. The molecule has 0 spiro atoms. The maximum absolute atomic E-state index is 10.4. The summed E-state index contributed by atoms with van der Waals surface area (Å²) in [7, 11) is 3.77. The van der Waals surface area contributed by atoms with Crippen molar-refractivity contribution in [1.82, 2.24) is 0 Å². The highest BCUT2D eigenvalue weighted by molar-refractivity contribution is 8.77. The Morgan fingerprint density at radius 3 is 2.38 bits per heavy atom. The SMILES string of the molecule is CC(C)(C)SSCCCCC(=O)Cl. The van der Waals surface area contributed by atoms with E-state index in [2.05, 4.69) is 20.8 Å². The van der Waals surface area contributed by atoms with Crippen molar-refractivity contribution < 1.29 is 4.79 Å². The zero-order valence-corrected chi connectivity index (χ0v) is 10.8. The summed E-state index contributed by atoms with van der Waals surface area (Å²) in [4.78, 5) is 10.4. The van der Waals surface area contributed by atoms with Crippen LogP contribution in [0.25, 0.3) is 0 Å². The van der Waals surface area contributed by atoms with Crippen LogP contribution < -0.4 is 0 Å². The maximum atomic E-state index is 10.4. The molecule has 0 fully saturated rings. The van der Waals surface area contributed by atoms with Crippen LogP contribution in [-0.2, 0) is 4.79 Å². The Balaban J connectivity index is 3.13. The molecule has 0 aliphatic heterocycles. The second kappa shape index (κ2) is 7.02. The van der Waals surface area contributed by atoms with Gasteiger partial charge >= 0.3 is 0 Å². The van der Waals surface area contributed by atoms with E-state index in [1.807, 2.05) is 21.6 Å². The summed E-state index contributed by atoms with van der Waals surface area (Å²) in [6.07, 6.45) is 2.51. The average molecular weight is 241 g/mol. The summed E-state index contributed by atoms with van der Waals surface area (Å²) in [6, 6.07) is 0. The third-order valence-electron chi connectivity index (χ3n) is 1.16. The fraction of sp³-hybridized carbons (Fsp3) is 0.889. The van der Waals surface area contributed by atoms with Crippen molar-refractivity contribution >= 4 is 38.4 Å². The number of unbranched alkanes of at least 4 members (excludes halogenated alkanes) is 1. The Bertz CT molecular complexity index is 154. The van der Waals surface area contributed by atoms with Crippen LogP contribution >= 0.6 is 33.2 Å². The molecular weight excluding hydrogens is 224 g/mol. The lowest BCUT2D eigenvalue weighted by atomic mass is 10.3. The largest absolute Gasteiger partial charge is 0.281 e. The molecule has 0 N–H and O–H groups in total. The molecule has 0 amide bonds. The van der Waals surface area contributed by atoms with Crippen molar-refractivity contribution in [3.05, 3.63) is 0 Å². The van der Waals surface area contributed by atoms with Crippen molar-refractivity contribution in [2.45, 2.75) is 44.8 Å². The zero-order valence-electron chi connectivity index (χ0n) is 8.43. The molecule has 0 heterocycles. The Labute approximate surface area is 93.8 Å². The van der Waals surface area contributed by atoms with Gasteiger partial charge in [-0.1, -0.05) is 42.4 Å². The second-order valence-corrected chi connectivity index (χ2v) is 7.49. The zero-order chi connectivity index (χ0) is 10.3. The minimum Gasteiger partial charge on any atom is -0.281 e. The molecule has 0 bridgehead atoms. The summed E-state index contributed by atoms with van der Waals surface area (Å²) >= 11 is 5.21. The number of hydrogen-bond donors (Lipinski definition) is 0. The molecule has 0 aromatic carbocycles. The smallest absolute Gasteiger partial charge is 0.221 e. The molecule has 0 atom stereocenters. The van der Waals surface area contributed by atoms with Crippen LogP contribution in [0.1, 0.15) is 40.0 Å². The molecule has 4 heteroatoms. The van der Waals surface area contributed by atoms with Crippen LogP contribution in [-0.4, -0.2) is 15.7 Å². The van der Waals surface area contributed by atoms with Crippen LogP contribution in [0.5, 0.6) is 0 Å². The molecule has 0 radical (unpaired) electrons. The van der Waals surface area contributed by atoms with Crippen LogP contribution in [0.3, 0.4) is 0 Å². The number of carbonyl (C=O) groups excluding carboxylic acids is 1. The summed E-state index contributed by atoms with van der Waals surface area (Å²) in [5.41, 5.74) is 0. The lowest BCUT2D eigenvalue weighted by molar-refractivity contribution is -0.111. The van der Waals surface area contributed by atoms with Gasteiger partial charge in [0.05, 0.1) is 0 Å². The first-order chi connectivity index (χ1) is 5.92. The monoisotopic (exact) mass is 240 g/mol. The summed E-state index contributed by atoms with van der Waals surface area (Å²) < 4.78 is 0.326. The van der Waals surface area contributed by atoms with E-state index in [0.29, 0.717) is 11.2 Å². The highest BCUT2D eigenvalue weighted by Gasteiger charge is 2.10. The first-order valence-corrected chi connectivity index (χ1v) is 7.10. The molecule has 0 rings (SSSR count). The minimum atomic E-state index is -0.214. The van der Waals surface area contributed by atoms with Gasteiger partial charge in [-0.2, -0.15) is 0 Å². The van der Waals surface area contributed by atoms with E-state index in [-0.39, 0.29) is 5.24 Å². The molecule has 78 valence electrons. The molecule has 0 saturated carbocycles. The van der Waals surface area contributed by atoms with E-state index in [1.165, 1.54) is 0 Å². The van der Waals surface area contributed by atoms with Crippen molar-refractivity contribution in [3.8, 4) is 0 Å². The fourth-order valence-electron chi connectivity index (χ4n) is 0.643. The topological polar surface area (TPSA) is 17.1 Å². The van der Waals surface area contributed by atoms with Gasteiger partial charge in [0.2, 0.25) is 5.24 Å². The third-order valence-corrected chi connectivity index (χ3v) is 4.78. The van der Waals surface area contributed by atoms with Gasteiger partial charge in [-0.25, -0.2) is 0 Å². The van der Waals surface area contributed by atoms with Gasteiger partial charge in [-0.15, -0.1) is 0 Å². The molecule has 0 saturated heterocycles. The molecule has 0 aromatic heterocycles. The number of halogens is 1. The lowest BCUT2D eigenvalue weighted by Gasteiger charge is -2.15. The fourth-order valence-corrected chi connectivity index (χ4v) is 3.20. The van der Waals surface area contributed by atoms with E-state index in [4.69, 9.17) is 11.6 Å². The molecule has 1 nitrogen and oxygen atoms in total. The van der Waals surface area contributed by atoms with Crippen LogP contribution in [0, 0.1) is 0 Å². The van der Waals surface area contributed by atoms with Crippen LogP contribution in [0.2, 0.25) is 0 Å². The molecular formula is C9H17ClOS2. The normalized spacial score (nSPS) is 11.7. The van der Waals surface area contributed by atoms with Crippen molar-refractivity contribution in [2.24, 2.45) is 0 Å². The van der Waals surface area contributed by atoms with Crippen LogP contribution in [0.15, 0.2) is 0 Å². The molecule has 0 aliphatic rings. The number of hydrogen-bond acceptors (Lipinski definition) is 3. The Kier molecular flexibility index (Phi) is 7.37. The Hall–Kier alpha value is 0.660. The maximum Gasteiger partial charge on any atom is 0.221 e. The minimum absolute atomic E-state index is 0.214. The summed E-state index contributed by atoms with van der Waals surface area (Å²) in [5, 5.41) is -0.214. The van der Waals surface area contributed by atoms with Gasteiger partial charge in [0, 0.05) is 16.9 Å². The van der Waals surface area contributed by atoms with Crippen molar-refractivity contribution in [3.63, 3.8) is 0 Å².